The van der Waals surface area contributed by atoms with E-state index in [-0.39, 0.29) is 17.8 Å². The summed E-state index contributed by atoms with van der Waals surface area (Å²) < 4.78 is 0. The Hall–Kier alpha value is -1.17. The van der Waals surface area contributed by atoms with E-state index >= 15 is 0 Å². The Morgan fingerprint density at radius 1 is 1.65 bits per heavy atom. The van der Waals surface area contributed by atoms with Crippen molar-refractivity contribution < 1.29 is 4.79 Å². The third-order valence-corrected chi connectivity index (χ3v) is 3.61. The number of aromatic nitrogens is 2. The highest BCUT2D eigenvalue weighted by Gasteiger charge is 2.24. The normalized spacial score (nSPS) is 12.5. The molecule has 0 aliphatic heterocycles. The van der Waals surface area contributed by atoms with E-state index in [1.54, 1.807) is 23.6 Å². The Bertz CT molecular complexity index is 371. The molecular weight excluding hydrogens is 236 g/mol. The second-order valence-electron chi connectivity index (χ2n) is 4.04. The van der Waals surface area contributed by atoms with Crippen LogP contribution in [0.1, 0.15) is 29.4 Å². The van der Waals surface area contributed by atoms with Gasteiger partial charge in [0.2, 0.25) is 0 Å². The van der Waals surface area contributed by atoms with Crippen molar-refractivity contribution in [1.29, 1.82) is 0 Å². The van der Waals surface area contributed by atoms with Crippen LogP contribution in [0, 0.1) is 6.92 Å². The Morgan fingerprint density at radius 3 is 2.71 bits per heavy atom. The number of aromatic amines is 1. The van der Waals surface area contributed by atoms with Crippen LogP contribution >= 0.6 is 11.8 Å². The number of rotatable bonds is 5. The predicted molar refractivity (Wildman–Crippen MR) is 72.3 cm³/mol. The molecule has 0 fully saturated rings. The first-order valence-electron chi connectivity index (χ1n) is 5.59. The van der Waals surface area contributed by atoms with E-state index in [1.807, 2.05) is 13.3 Å². The van der Waals surface area contributed by atoms with E-state index in [0.717, 1.165) is 17.9 Å². The molecule has 1 atom stereocenters. The monoisotopic (exact) mass is 256 g/mol. The Morgan fingerprint density at radius 2 is 2.29 bits per heavy atom. The van der Waals surface area contributed by atoms with Gasteiger partial charge in [-0.3, -0.25) is 9.89 Å². The first-order chi connectivity index (χ1) is 8.02. The molecule has 0 spiro atoms. The summed E-state index contributed by atoms with van der Waals surface area (Å²) in [4.78, 5) is 14.1. The van der Waals surface area contributed by atoms with Crippen molar-refractivity contribution in [2.45, 2.75) is 26.3 Å². The third-order valence-electron chi connectivity index (χ3n) is 2.89. The first kappa shape index (κ1) is 13.9. The highest BCUT2D eigenvalue weighted by Crippen LogP contribution is 2.18. The molecule has 0 saturated heterocycles. The number of aryl methyl sites for hydroxylation is 1. The van der Waals surface area contributed by atoms with Gasteiger partial charge in [0.1, 0.15) is 5.56 Å². The first-order valence-corrected chi connectivity index (χ1v) is 6.98. The van der Waals surface area contributed by atoms with Crippen LogP contribution in [-0.2, 0) is 0 Å². The van der Waals surface area contributed by atoms with Crippen molar-refractivity contribution >= 4 is 23.5 Å². The number of anilines is 1. The maximum absolute atomic E-state index is 12.3. The maximum Gasteiger partial charge on any atom is 0.259 e. The molecule has 0 saturated carbocycles. The number of hydrogen-bond donors (Lipinski definition) is 2. The molecule has 1 rings (SSSR count). The number of carbonyl (C=O) groups is 1. The topological polar surface area (TPSA) is 75.0 Å². The number of hydrogen-bond acceptors (Lipinski definition) is 4. The van der Waals surface area contributed by atoms with Gasteiger partial charge in [0.25, 0.3) is 5.91 Å². The summed E-state index contributed by atoms with van der Waals surface area (Å²) in [5.74, 6) is 1.14. The molecule has 3 N–H and O–H groups in total. The second kappa shape index (κ2) is 5.95. The van der Waals surface area contributed by atoms with Crippen molar-refractivity contribution in [3.63, 3.8) is 0 Å². The maximum atomic E-state index is 12.3. The van der Waals surface area contributed by atoms with Gasteiger partial charge in [-0.1, -0.05) is 6.92 Å². The highest BCUT2D eigenvalue weighted by atomic mass is 32.2. The molecule has 1 heterocycles. The van der Waals surface area contributed by atoms with Crippen LogP contribution in [0.4, 0.5) is 5.82 Å². The van der Waals surface area contributed by atoms with E-state index in [0.29, 0.717) is 5.56 Å². The molecule has 17 heavy (non-hydrogen) atoms. The summed E-state index contributed by atoms with van der Waals surface area (Å²) >= 11 is 1.74. The van der Waals surface area contributed by atoms with Gasteiger partial charge in [-0.15, -0.1) is 0 Å². The number of nitrogens with zero attached hydrogens (tertiary/aromatic N) is 2. The van der Waals surface area contributed by atoms with Crippen molar-refractivity contribution in [2.24, 2.45) is 0 Å². The number of thioether (sulfide) groups is 1. The van der Waals surface area contributed by atoms with Gasteiger partial charge in [0.15, 0.2) is 5.82 Å². The van der Waals surface area contributed by atoms with Crippen LogP contribution in [0.25, 0.3) is 0 Å². The minimum Gasteiger partial charge on any atom is -0.382 e. The Kier molecular flexibility index (Phi) is 4.86. The van der Waals surface area contributed by atoms with Crippen molar-refractivity contribution in [3.8, 4) is 0 Å². The van der Waals surface area contributed by atoms with Crippen LogP contribution in [0.5, 0.6) is 0 Å². The van der Waals surface area contributed by atoms with Gasteiger partial charge >= 0.3 is 0 Å². The van der Waals surface area contributed by atoms with Gasteiger partial charge in [0.05, 0.1) is 0 Å². The van der Waals surface area contributed by atoms with Gasteiger partial charge in [-0.05, 0) is 19.6 Å². The number of nitrogens with one attached hydrogen (secondary N) is 1. The third kappa shape index (κ3) is 2.94. The molecule has 0 aliphatic rings. The van der Waals surface area contributed by atoms with Crippen molar-refractivity contribution in [2.75, 3.05) is 24.8 Å². The van der Waals surface area contributed by atoms with Crippen LogP contribution in [0.2, 0.25) is 0 Å². The number of nitrogen functional groups attached to an aromatic ring is 1. The quantitative estimate of drug-likeness (QED) is 0.837. The molecule has 5 nitrogen and oxygen atoms in total. The number of carbonyl (C=O) groups excluding carboxylic acids is 1. The van der Waals surface area contributed by atoms with Crippen molar-refractivity contribution in [1.82, 2.24) is 15.1 Å². The zero-order valence-corrected chi connectivity index (χ0v) is 11.6. The molecule has 1 aromatic heterocycles. The minimum atomic E-state index is -0.0605. The molecule has 1 unspecified atom stereocenters. The Labute approximate surface area is 106 Å². The highest BCUT2D eigenvalue weighted by molar-refractivity contribution is 7.98. The molecular formula is C11H20N4OS. The molecule has 96 valence electrons. The molecule has 0 aliphatic carbocycles. The molecule has 0 radical (unpaired) electrons. The molecule has 1 aromatic rings. The summed E-state index contributed by atoms with van der Waals surface area (Å²) in [6.07, 6.45) is 2.97. The van der Waals surface area contributed by atoms with E-state index < -0.39 is 0 Å². The summed E-state index contributed by atoms with van der Waals surface area (Å²) in [6.45, 7) is 3.89. The van der Waals surface area contributed by atoms with Crippen molar-refractivity contribution in [3.05, 3.63) is 11.3 Å². The minimum absolute atomic E-state index is 0.0605. The van der Waals surface area contributed by atoms with Crippen LogP contribution in [0.3, 0.4) is 0 Å². The summed E-state index contributed by atoms with van der Waals surface area (Å²) in [6, 6.07) is 0.228. The molecule has 1 amide bonds. The zero-order valence-electron chi connectivity index (χ0n) is 10.8. The molecule has 6 heteroatoms. The zero-order chi connectivity index (χ0) is 13.0. The fourth-order valence-corrected chi connectivity index (χ4v) is 2.60. The number of nitrogens with two attached hydrogens (primary N) is 1. The Balaban J connectivity index is 2.89. The van der Waals surface area contributed by atoms with Crippen LogP contribution in [-0.4, -0.2) is 46.1 Å². The fraction of sp³-hybridized carbons (Fsp3) is 0.636. The van der Waals surface area contributed by atoms with E-state index in [4.69, 9.17) is 5.73 Å². The number of amides is 1. The van der Waals surface area contributed by atoms with Gasteiger partial charge < -0.3 is 10.6 Å². The standard InChI is InChI=1S/C11H20N4OS/c1-5-8(6-17-4)15(3)11(16)9-7(2)13-14-10(9)12/h8H,5-6H2,1-4H3,(H3,12,13,14). The fourth-order valence-electron chi connectivity index (χ4n) is 1.76. The molecule has 0 aromatic carbocycles. The summed E-state index contributed by atoms with van der Waals surface area (Å²) in [5, 5.41) is 6.58. The van der Waals surface area contributed by atoms with Crippen LogP contribution in [0.15, 0.2) is 0 Å². The lowest BCUT2D eigenvalue weighted by Gasteiger charge is -2.26. The lowest BCUT2D eigenvalue weighted by atomic mass is 10.1. The second-order valence-corrected chi connectivity index (χ2v) is 4.95. The average molecular weight is 256 g/mol. The van der Waals surface area contributed by atoms with Gasteiger partial charge in [0, 0.05) is 24.5 Å². The lowest BCUT2D eigenvalue weighted by Crippen LogP contribution is -2.38. The lowest BCUT2D eigenvalue weighted by molar-refractivity contribution is 0.0744. The van der Waals surface area contributed by atoms with E-state index in [2.05, 4.69) is 17.1 Å². The largest absolute Gasteiger partial charge is 0.382 e. The number of H-pyrrole nitrogens is 1. The smallest absolute Gasteiger partial charge is 0.259 e. The van der Waals surface area contributed by atoms with Gasteiger partial charge in [-0.2, -0.15) is 16.9 Å². The van der Waals surface area contributed by atoms with E-state index in [1.165, 1.54) is 0 Å². The summed E-state index contributed by atoms with van der Waals surface area (Å²) in [5.41, 5.74) is 6.91. The average Bonchev–Trinajstić information content (AvgIpc) is 2.64. The SMILES string of the molecule is CCC(CSC)N(C)C(=O)c1c(N)n[nH]c1C. The van der Waals surface area contributed by atoms with Crippen LogP contribution < -0.4 is 5.73 Å². The molecule has 0 bridgehead atoms. The van der Waals surface area contributed by atoms with E-state index in [9.17, 15) is 4.79 Å². The predicted octanol–water partition coefficient (Wildman–Crippen LogP) is 1.51. The summed E-state index contributed by atoms with van der Waals surface area (Å²) in [7, 11) is 1.82. The van der Waals surface area contributed by atoms with Gasteiger partial charge in [-0.25, -0.2) is 0 Å².